The highest BCUT2D eigenvalue weighted by Crippen LogP contribution is 2.24. The average Bonchev–Trinajstić information content (AvgIpc) is 2.98. The highest BCUT2D eigenvalue weighted by molar-refractivity contribution is 7.12. The summed E-state index contributed by atoms with van der Waals surface area (Å²) in [5.74, 6) is -1.25. The molecule has 0 bridgehead atoms. The molecule has 0 aliphatic rings. The van der Waals surface area contributed by atoms with Gasteiger partial charge in [0.05, 0.1) is 17.1 Å². The lowest BCUT2D eigenvalue weighted by molar-refractivity contribution is -0.118. The molecular weight excluding hydrogens is 282 g/mol. The Kier molecular flexibility index (Phi) is 4.04. The molecule has 0 spiro atoms. The Hall–Kier alpha value is -2.35. The molecule has 0 radical (unpaired) electrons. The number of thiophene rings is 1. The summed E-state index contributed by atoms with van der Waals surface area (Å²) in [5.41, 5.74) is 2.04. The van der Waals surface area contributed by atoms with Crippen LogP contribution in [0.3, 0.4) is 0 Å². The third kappa shape index (κ3) is 2.97. The molecule has 2 aromatic rings. The molecule has 1 amide bonds. The van der Waals surface area contributed by atoms with Gasteiger partial charge in [-0.1, -0.05) is 0 Å². The second-order valence-electron chi connectivity index (χ2n) is 4.06. The number of carboxylic acid groups (broad SMARTS) is 1. The predicted octanol–water partition coefficient (Wildman–Crippen LogP) is 1.80. The van der Waals surface area contributed by atoms with Gasteiger partial charge in [0.25, 0.3) is 5.91 Å². The summed E-state index contributed by atoms with van der Waals surface area (Å²) >= 11 is 1.05. The number of carbonyl (C=O) groups excluding carboxylic acids is 1. The van der Waals surface area contributed by atoms with Crippen LogP contribution in [0.25, 0.3) is 0 Å². The minimum Gasteiger partial charge on any atom is -0.482 e. The van der Waals surface area contributed by atoms with Gasteiger partial charge >= 0.3 is 5.97 Å². The van der Waals surface area contributed by atoms with E-state index in [2.05, 4.69) is 15.5 Å². The number of aromatic nitrogens is 2. The first-order valence-corrected chi connectivity index (χ1v) is 6.62. The van der Waals surface area contributed by atoms with E-state index < -0.39 is 5.97 Å². The predicted molar refractivity (Wildman–Crippen MR) is 73.5 cm³/mol. The SMILES string of the molecule is Cc1n[nH]c(C)c1NC(=O)COc1ccsc1C(=O)O. The molecule has 0 aliphatic heterocycles. The molecule has 20 heavy (non-hydrogen) atoms. The fraction of sp³-hybridized carbons (Fsp3) is 0.250. The monoisotopic (exact) mass is 295 g/mol. The smallest absolute Gasteiger partial charge is 0.349 e. The zero-order chi connectivity index (χ0) is 14.7. The highest BCUT2D eigenvalue weighted by Gasteiger charge is 2.15. The maximum atomic E-state index is 11.8. The van der Waals surface area contributed by atoms with E-state index in [-0.39, 0.29) is 23.1 Å². The van der Waals surface area contributed by atoms with Crippen molar-refractivity contribution in [1.82, 2.24) is 10.2 Å². The van der Waals surface area contributed by atoms with Gasteiger partial charge in [-0.25, -0.2) is 4.79 Å². The van der Waals surface area contributed by atoms with Crippen molar-refractivity contribution in [3.8, 4) is 5.75 Å². The molecule has 2 heterocycles. The fourth-order valence-electron chi connectivity index (χ4n) is 1.62. The third-order valence-electron chi connectivity index (χ3n) is 2.57. The van der Waals surface area contributed by atoms with E-state index in [1.165, 1.54) is 6.07 Å². The molecule has 3 N–H and O–H groups in total. The van der Waals surface area contributed by atoms with Crippen LogP contribution < -0.4 is 10.1 Å². The van der Waals surface area contributed by atoms with Crippen LogP contribution in [0.15, 0.2) is 11.4 Å². The molecule has 2 rings (SSSR count). The number of nitrogens with zero attached hydrogens (tertiary/aromatic N) is 1. The summed E-state index contributed by atoms with van der Waals surface area (Å²) in [4.78, 5) is 22.7. The lowest BCUT2D eigenvalue weighted by Crippen LogP contribution is -2.21. The van der Waals surface area contributed by atoms with Crippen molar-refractivity contribution < 1.29 is 19.4 Å². The molecule has 0 aromatic carbocycles. The summed E-state index contributed by atoms with van der Waals surface area (Å²) in [5, 5.41) is 19.9. The molecule has 106 valence electrons. The number of hydrogen-bond acceptors (Lipinski definition) is 5. The van der Waals surface area contributed by atoms with E-state index >= 15 is 0 Å². The van der Waals surface area contributed by atoms with Crippen molar-refractivity contribution in [2.75, 3.05) is 11.9 Å². The number of rotatable bonds is 5. The number of ether oxygens (including phenoxy) is 1. The molecule has 2 aromatic heterocycles. The van der Waals surface area contributed by atoms with Gasteiger partial charge in [-0.15, -0.1) is 11.3 Å². The molecule has 0 saturated heterocycles. The zero-order valence-corrected chi connectivity index (χ0v) is 11.7. The topological polar surface area (TPSA) is 104 Å². The molecule has 0 atom stereocenters. The van der Waals surface area contributed by atoms with Crippen molar-refractivity contribution >= 4 is 28.9 Å². The molecule has 0 saturated carbocycles. The van der Waals surface area contributed by atoms with E-state index in [0.717, 1.165) is 17.0 Å². The van der Waals surface area contributed by atoms with E-state index in [1.54, 1.807) is 19.2 Å². The number of aromatic amines is 1. The van der Waals surface area contributed by atoms with Gasteiger partial charge in [0.1, 0.15) is 5.75 Å². The molecule has 0 unspecified atom stereocenters. The minimum atomic E-state index is -1.07. The van der Waals surface area contributed by atoms with Crippen LogP contribution in [-0.4, -0.2) is 33.8 Å². The summed E-state index contributed by atoms with van der Waals surface area (Å²) in [7, 11) is 0. The van der Waals surface area contributed by atoms with Crippen LogP contribution in [0.1, 0.15) is 21.1 Å². The number of H-pyrrole nitrogens is 1. The Morgan fingerprint density at radius 2 is 2.25 bits per heavy atom. The average molecular weight is 295 g/mol. The van der Waals surface area contributed by atoms with Crippen LogP contribution in [0.2, 0.25) is 0 Å². The number of nitrogens with one attached hydrogen (secondary N) is 2. The van der Waals surface area contributed by atoms with Crippen LogP contribution in [-0.2, 0) is 4.79 Å². The number of aryl methyl sites for hydroxylation is 2. The van der Waals surface area contributed by atoms with Crippen LogP contribution >= 0.6 is 11.3 Å². The van der Waals surface area contributed by atoms with Crippen molar-refractivity contribution in [2.24, 2.45) is 0 Å². The zero-order valence-electron chi connectivity index (χ0n) is 10.9. The first kappa shape index (κ1) is 14.1. The second-order valence-corrected chi connectivity index (χ2v) is 4.98. The highest BCUT2D eigenvalue weighted by atomic mass is 32.1. The Morgan fingerprint density at radius 3 is 2.85 bits per heavy atom. The minimum absolute atomic E-state index is 0.0773. The number of carbonyl (C=O) groups is 2. The number of hydrogen-bond donors (Lipinski definition) is 3. The van der Waals surface area contributed by atoms with Gasteiger partial charge in [0.2, 0.25) is 0 Å². The van der Waals surface area contributed by atoms with E-state index in [0.29, 0.717) is 11.4 Å². The van der Waals surface area contributed by atoms with Crippen LogP contribution in [0.5, 0.6) is 5.75 Å². The maximum absolute atomic E-state index is 11.8. The molecular formula is C12H13N3O4S. The normalized spacial score (nSPS) is 10.3. The third-order valence-corrected chi connectivity index (χ3v) is 3.46. The van der Waals surface area contributed by atoms with E-state index in [1.807, 2.05) is 0 Å². The lowest BCUT2D eigenvalue weighted by atomic mass is 10.3. The van der Waals surface area contributed by atoms with Gasteiger partial charge < -0.3 is 15.2 Å². The standard InChI is InChI=1S/C12H13N3O4S/c1-6-10(7(2)15-14-6)13-9(16)5-19-8-3-4-20-11(8)12(17)18/h3-4H,5H2,1-2H3,(H,13,16)(H,14,15)(H,17,18). The molecule has 7 nitrogen and oxygen atoms in total. The van der Waals surface area contributed by atoms with Gasteiger partial charge in [0, 0.05) is 0 Å². The first-order chi connectivity index (χ1) is 9.49. The number of aromatic carboxylic acids is 1. The fourth-order valence-corrected chi connectivity index (χ4v) is 2.29. The molecule has 0 fully saturated rings. The van der Waals surface area contributed by atoms with Gasteiger partial charge in [-0.05, 0) is 25.3 Å². The Bertz CT molecular complexity index is 627. The van der Waals surface area contributed by atoms with Gasteiger partial charge in [0.15, 0.2) is 11.5 Å². The Morgan fingerprint density at radius 1 is 1.50 bits per heavy atom. The summed E-state index contributed by atoms with van der Waals surface area (Å²) in [6.07, 6.45) is 0. The largest absolute Gasteiger partial charge is 0.482 e. The summed E-state index contributed by atoms with van der Waals surface area (Å²) in [6.45, 7) is 3.29. The summed E-state index contributed by atoms with van der Waals surface area (Å²) in [6, 6.07) is 1.52. The van der Waals surface area contributed by atoms with Crippen molar-refractivity contribution in [1.29, 1.82) is 0 Å². The van der Waals surface area contributed by atoms with Crippen molar-refractivity contribution in [2.45, 2.75) is 13.8 Å². The van der Waals surface area contributed by atoms with E-state index in [9.17, 15) is 9.59 Å². The van der Waals surface area contributed by atoms with Gasteiger partial charge in [-0.2, -0.15) is 5.10 Å². The quantitative estimate of drug-likeness (QED) is 0.780. The molecule has 8 heteroatoms. The van der Waals surface area contributed by atoms with Gasteiger partial charge in [-0.3, -0.25) is 9.89 Å². The first-order valence-electron chi connectivity index (χ1n) is 5.74. The Balaban J connectivity index is 1.96. The Labute approximate surface area is 118 Å². The summed E-state index contributed by atoms with van der Waals surface area (Å²) < 4.78 is 5.22. The number of amides is 1. The number of carboxylic acids is 1. The van der Waals surface area contributed by atoms with Crippen LogP contribution in [0.4, 0.5) is 5.69 Å². The lowest BCUT2D eigenvalue weighted by Gasteiger charge is -2.07. The van der Waals surface area contributed by atoms with Crippen LogP contribution in [0, 0.1) is 13.8 Å². The maximum Gasteiger partial charge on any atom is 0.349 e. The van der Waals surface area contributed by atoms with E-state index in [4.69, 9.17) is 9.84 Å². The van der Waals surface area contributed by atoms with Crippen molar-refractivity contribution in [3.05, 3.63) is 27.7 Å². The molecule has 0 aliphatic carbocycles. The number of anilines is 1. The second kappa shape index (κ2) is 5.74. The van der Waals surface area contributed by atoms with Crippen molar-refractivity contribution in [3.63, 3.8) is 0 Å².